The van der Waals surface area contributed by atoms with Gasteiger partial charge >= 0.3 is 0 Å². The van der Waals surface area contributed by atoms with Gasteiger partial charge < -0.3 is 4.74 Å². The molecule has 1 amide bonds. The number of nitrogens with zero attached hydrogens (tertiary/aromatic N) is 1. The van der Waals surface area contributed by atoms with Gasteiger partial charge in [-0.25, -0.2) is 0 Å². The number of amides is 1. The molecule has 1 saturated heterocycles. The van der Waals surface area contributed by atoms with Gasteiger partial charge in [-0.2, -0.15) is 0 Å². The number of aryl methyl sites for hydroxylation is 2. The molecule has 5 heteroatoms. The van der Waals surface area contributed by atoms with E-state index in [0.717, 1.165) is 29.0 Å². The van der Waals surface area contributed by atoms with Crippen LogP contribution in [0.4, 0.5) is 5.69 Å². The van der Waals surface area contributed by atoms with Crippen LogP contribution in [0.1, 0.15) is 29.2 Å². The number of carbonyl (C=O) groups is 1. The predicted octanol–water partition coefficient (Wildman–Crippen LogP) is 6.54. The number of thioether (sulfide) groups is 1. The van der Waals surface area contributed by atoms with Crippen LogP contribution < -0.4 is 9.64 Å². The van der Waals surface area contributed by atoms with Crippen molar-refractivity contribution in [2.75, 3.05) is 4.90 Å². The molecule has 3 nitrogen and oxygen atoms in total. The van der Waals surface area contributed by atoms with Gasteiger partial charge in [0.15, 0.2) is 4.32 Å². The highest BCUT2D eigenvalue weighted by Crippen LogP contribution is 2.37. The molecule has 0 aromatic heterocycles. The molecule has 0 saturated carbocycles. The van der Waals surface area contributed by atoms with Gasteiger partial charge in [0.2, 0.25) is 0 Å². The minimum atomic E-state index is -0.104. The van der Waals surface area contributed by atoms with Gasteiger partial charge in [0.1, 0.15) is 12.4 Å². The van der Waals surface area contributed by atoms with Crippen LogP contribution in [0.25, 0.3) is 6.08 Å². The van der Waals surface area contributed by atoms with Crippen LogP contribution in [0.15, 0.2) is 77.7 Å². The van der Waals surface area contributed by atoms with E-state index in [1.165, 1.54) is 22.9 Å². The molecule has 1 aliphatic rings. The maximum absolute atomic E-state index is 13.1. The van der Waals surface area contributed by atoms with Gasteiger partial charge in [-0.15, -0.1) is 0 Å². The normalized spacial score (nSPS) is 15.0. The summed E-state index contributed by atoms with van der Waals surface area (Å²) in [6.45, 7) is 4.64. The van der Waals surface area contributed by atoms with E-state index in [1.807, 2.05) is 54.6 Å². The van der Waals surface area contributed by atoms with Crippen molar-refractivity contribution >= 4 is 46.0 Å². The monoisotopic (exact) mass is 445 g/mol. The second kappa shape index (κ2) is 9.50. The van der Waals surface area contributed by atoms with Crippen LogP contribution in [0.2, 0.25) is 0 Å². The predicted molar refractivity (Wildman–Crippen MR) is 133 cm³/mol. The number of hydrogen-bond donors (Lipinski definition) is 0. The fourth-order valence-electron chi connectivity index (χ4n) is 3.29. The lowest BCUT2D eigenvalue weighted by molar-refractivity contribution is -0.113. The van der Waals surface area contributed by atoms with Gasteiger partial charge in [-0.05, 0) is 48.7 Å². The molecule has 1 fully saturated rings. The molecular weight excluding hydrogens is 422 g/mol. The van der Waals surface area contributed by atoms with Gasteiger partial charge in [-0.3, -0.25) is 9.69 Å². The summed E-state index contributed by atoms with van der Waals surface area (Å²) in [7, 11) is 0. The summed E-state index contributed by atoms with van der Waals surface area (Å²) in [6, 6.07) is 24.0. The fraction of sp³-hybridized carbons (Fsp3) is 0.154. The summed E-state index contributed by atoms with van der Waals surface area (Å²) in [5.41, 5.74) is 5.20. The van der Waals surface area contributed by atoms with Crippen molar-refractivity contribution in [2.24, 2.45) is 0 Å². The third kappa shape index (κ3) is 4.89. The zero-order valence-corrected chi connectivity index (χ0v) is 19.1. The fourth-order valence-corrected chi connectivity index (χ4v) is 4.58. The molecule has 4 rings (SSSR count). The van der Waals surface area contributed by atoms with Crippen LogP contribution in [-0.2, 0) is 17.8 Å². The second-order valence-corrected chi connectivity index (χ2v) is 9.02. The number of rotatable bonds is 6. The Morgan fingerprint density at radius 1 is 0.968 bits per heavy atom. The molecule has 31 heavy (non-hydrogen) atoms. The second-order valence-electron chi connectivity index (χ2n) is 7.35. The first kappa shape index (κ1) is 21.3. The van der Waals surface area contributed by atoms with Crippen molar-refractivity contribution < 1.29 is 9.53 Å². The number of carbonyl (C=O) groups excluding carboxylic acids is 1. The minimum Gasteiger partial charge on any atom is -0.488 e. The number of ether oxygens (including phenoxy) is 1. The molecule has 0 unspecified atom stereocenters. The number of hydrogen-bond acceptors (Lipinski definition) is 4. The Bertz CT molecular complexity index is 1130. The maximum atomic E-state index is 13.1. The Kier molecular flexibility index (Phi) is 6.54. The average molecular weight is 446 g/mol. The Morgan fingerprint density at radius 3 is 2.35 bits per heavy atom. The topological polar surface area (TPSA) is 29.5 Å². The van der Waals surface area contributed by atoms with Crippen LogP contribution >= 0.6 is 24.0 Å². The van der Waals surface area contributed by atoms with Gasteiger partial charge in [0.25, 0.3) is 5.91 Å². The zero-order valence-electron chi connectivity index (χ0n) is 17.5. The zero-order chi connectivity index (χ0) is 21.8. The first-order valence-corrected chi connectivity index (χ1v) is 11.4. The van der Waals surface area contributed by atoms with E-state index in [2.05, 4.69) is 38.1 Å². The van der Waals surface area contributed by atoms with Crippen LogP contribution in [0.3, 0.4) is 0 Å². The van der Waals surface area contributed by atoms with Crippen molar-refractivity contribution in [2.45, 2.75) is 26.9 Å². The van der Waals surface area contributed by atoms with Crippen LogP contribution in [0.5, 0.6) is 5.75 Å². The number of thiocarbonyl (C=S) groups is 1. The van der Waals surface area contributed by atoms with E-state index in [4.69, 9.17) is 17.0 Å². The molecule has 0 aliphatic carbocycles. The Labute approximate surface area is 192 Å². The lowest BCUT2D eigenvalue weighted by Crippen LogP contribution is -2.27. The SMILES string of the molecule is CCc1ccc(N2C(=O)/C(=C/c3ccccc3OCc3ccc(C)cc3)SC2=S)cc1. The largest absolute Gasteiger partial charge is 0.488 e. The molecule has 0 radical (unpaired) electrons. The third-order valence-electron chi connectivity index (χ3n) is 5.12. The van der Waals surface area contributed by atoms with Crippen LogP contribution in [0, 0.1) is 6.92 Å². The third-order valence-corrected chi connectivity index (χ3v) is 6.42. The molecule has 1 heterocycles. The maximum Gasteiger partial charge on any atom is 0.270 e. The van der Waals surface area contributed by atoms with Crippen molar-refractivity contribution in [1.82, 2.24) is 0 Å². The van der Waals surface area contributed by atoms with Crippen molar-refractivity contribution in [3.63, 3.8) is 0 Å². The summed E-state index contributed by atoms with van der Waals surface area (Å²) >= 11 is 6.83. The molecule has 3 aromatic carbocycles. The van der Waals surface area contributed by atoms with Gasteiger partial charge in [0, 0.05) is 5.56 Å². The average Bonchev–Trinajstić information content (AvgIpc) is 3.07. The first-order valence-electron chi connectivity index (χ1n) is 10.2. The molecule has 0 atom stereocenters. The molecular formula is C26H23NO2S2. The van der Waals surface area contributed by atoms with E-state index in [0.29, 0.717) is 15.8 Å². The Hall–Kier alpha value is -2.89. The van der Waals surface area contributed by atoms with E-state index >= 15 is 0 Å². The van der Waals surface area contributed by atoms with E-state index in [9.17, 15) is 4.79 Å². The lowest BCUT2D eigenvalue weighted by atomic mass is 10.1. The molecule has 0 bridgehead atoms. The van der Waals surface area contributed by atoms with Crippen molar-refractivity contribution in [3.05, 3.63) is 100.0 Å². The van der Waals surface area contributed by atoms with E-state index in [-0.39, 0.29) is 5.91 Å². The van der Waals surface area contributed by atoms with Crippen LogP contribution in [-0.4, -0.2) is 10.2 Å². The highest BCUT2D eigenvalue weighted by atomic mass is 32.2. The highest BCUT2D eigenvalue weighted by molar-refractivity contribution is 8.27. The van der Waals surface area contributed by atoms with Gasteiger partial charge in [0.05, 0.1) is 10.6 Å². The van der Waals surface area contributed by atoms with E-state index in [1.54, 1.807) is 4.90 Å². The molecule has 0 spiro atoms. The molecule has 0 N–H and O–H groups in total. The Balaban J connectivity index is 1.55. The number of para-hydroxylation sites is 1. The summed E-state index contributed by atoms with van der Waals surface area (Å²) in [6.07, 6.45) is 2.82. The quantitative estimate of drug-likeness (QED) is 0.318. The smallest absolute Gasteiger partial charge is 0.270 e. The number of benzene rings is 3. The highest BCUT2D eigenvalue weighted by Gasteiger charge is 2.33. The number of anilines is 1. The summed E-state index contributed by atoms with van der Waals surface area (Å²) in [5.74, 6) is 0.633. The van der Waals surface area contributed by atoms with Crippen molar-refractivity contribution in [1.29, 1.82) is 0 Å². The molecule has 156 valence electrons. The Morgan fingerprint density at radius 2 is 1.65 bits per heavy atom. The minimum absolute atomic E-state index is 0.104. The summed E-state index contributed by atoms with van der Waals surface area (Å²) < 4.78 is 6.60. The van der Waals surface area contributed by atoms with Gasteiger partial charge in [-0.1, -0.05) is 91.1 Å². The first-order chi connectivity index (χ1) is 15.0. The van der Waals surface area contributed by atoms with Crippen molar-refractivity contribution in [3.8, 4) is 5.75 Å². The van der Waals surface area contributed by atoms with E-state index < -0.39 is 0 Å². The summed E-state index contributed by atoms with van der Waals surface area (Å²) in [4.78, 5) is 15.3. The standard InChI is InChI=1S/C26H23NO2S2/c1-3-19-12-14-22(15-13-19)27-25(28)24(31-26(27)30)16-21-6-4-5-7-23(21)29-17-20-10-8-18(2)9-11-20/h4-16H,3,17H2,1-2H3/b24-16-. The molecule has 3 aromatic rings. The molecule has 1 aliphatic heterocycles. The lowest BCUT2D eigenvalue weighted by Gasteiger charge is -2.14. The summed E-state index contributed by atoms with van der Waals surface area (Å²) in [5, 5.41) is 0.